The number of ether oxygens (including phenoxy) is 2. The van der Waals surface area contributed by atoms with Crippen LogP contribution < -0.4 is 9.47 Å². The van der Waals surface area contributed by atoms with Crippen molar-refractivity contribution >= 4 is 11.6 Å². The Kier molecular flexibility index (Phi) is 4.54. The molecule has 6 rings (SSSR count). The molecule has 1 aliphatic rings. The zero-order valence-corrected chi connectivity index (χ0v) is 18.2. The van der Waals surface area contributed by atoms with Gasteiger partial charge in [0.25, 0.3) is 5.95 Å². The van der Waals surface area contributed by atoms with E-state index in [4.69, 9.17) is 14.6 Å². The highest BCUT2D eigenvalue weighted by Crippen LogP contribution is 2.37. The van der Waals surface area contributed by atoms with Crippen molar-refractivity contribution in [3.05, 3.63) is 78.2 Å². The Bertz CT molecular complexity index is 1570. The molecule has 9 heteroatoms. The number of aromatic nitrogens is 5. The quantitative estimate of drug-likeness (QED) is 0.438. The van der Waals surface area contributed by atoms with Gasteiger partial charge in [-0.1, -0.05) is 24.3 Å². The number of pyridine rings is 1. The summed E-state index contributed by atoms with van der Waals surface area (Å²) in [6.07, 6.45) is 3.41. The lowest BCUT2D eigenvalue weighted by molar-refractivity contribution is 0.0690. The number of fused-ring (bicyclic) bond motifs is 2. The highest BCUT2D eigenvalue weighted by Gasteiger charge is 2.16. The van der Waals surface area contributed by atoms with Gasteiger partial charge in [0.1, 0.15) is 13.2 Å². The molecule has 0 fully saturated rings. The zero-order chi connectivity index (χ0) is 23.2. The molecule has 168 valence electrons. The van der Waals surface area contributed by atoms with Crippen LogP contribution in [-0.4, -0.2) is 48.7 Å². The fraction of sp³-hybridized carbons (Fsp3) is 0.120. The maximum atomic E-state index is 11.1. The number of carboxylic acids is 1. The van der Waals surface area contributed by atoms with Crippen LogP contribution in [0.25, 0.3) is 33.8 Å². The summed E-state index contributed by atoms with van der Waals surface area (Å²) in [7, 11) is 0. The number of carbonyl (C=O) groups is 1. The average Bonchev–Trinajstić information content (AvgIpc) is 3.51. The van der Waals surface area contributed by atoms with Crippen LogP contribution in [0.15, 0.2) is 67.0 Å². The summed E-state index contributed by atoms with van der Waals surface area (Å²) in [4.78, 5) is 11.1. The Morgan fingerprint density at radius 2 is 1.68 bits per heavy atom. The number of benzene rings is 2. The molecule has 34 heavy (non-hydrogen) atoms. The van der Waals surface area contributed by atoms with Gasteiger partial charge in [0, 0.05) is 12.4 Å². The van der Waals surface area contributed by atoms with E-state index in [1.807, 2.05) is 42.6 Å². The SMILES string of the molecule is Cc1c(-c2ccc3c(c2)OCCO3)cccc1-c1ccn2c(-n3ccc(C(=O)O)n3)nnc2c1. The summed E-state index contributed by atoms with van der Waals surface area (Å²) < 4.78 is 14.6. The number of rotatable bonds is 4. The maximum Gasteiger partial charge on any atom is 0.356 e. The molecule has 1 N–H and O–H groups in total. The summed E-state index contributed by atoms with van der Waals surface area (Å²) in [6, 6.07) is 17.6. The van der Waals surface area contributed by atoms with Gasteiger partial charge in [0.05, 0.1) is 0 Å². The third-order valence-corrected chi connectivity index (χ3v) is 5.90. The van der Waals surface area contributed by atoms with E-state index < -0.39 is 5.97 Å². The summed E-state index contributed by atoms with van der Waals surface area (Å²) in [5.41, 5.74) is 5.93. The average molecular weight is 453 g/mol. The van der Waals surface area contributed by atoms with E-state index in [9.17, 15) is 4.79 Å². The molecule has 2 aromatic carbocycles. The summed E-state index contributed by atoms with van der Waals surface area (Å²) in [6.45, 7) is 3.21. The molecule has 0 radical (unpaired) electrons. The number of carboxylic acid groups (broad SMARTS) is 1. The largest absolute Gasteiger partial charge is 0.486 e. The highest BCUT2D eigenvalue weighted by molar-refractivity contribution is 5.85. The molecule has 0 bridgehead atoms. The van der Waals surface area contributed by atoms with Crippen LogP contribution in [0.2, 0.25) is 0 Å². The lowest BCUT2D eigenvalue weighted by Gasteiger charge is -2.19. The molecule has 4 heterocycles. The van der Waals surface area contributed by atoms with Crippen LogP contribution in [0.3, 0.4) is 0 Å². The molecule has 1 aliphatic heterocycles. The van der Waals surface area contributed by atoms with E-state index >= 15 is 0 Å². The van der Waals surface area contributed by atoms with Gasteiger partial charge >= 0.3 is 5.97 Å². The maximum absolute atomic E-state index is 11.1. The van der Waals surface area contributed by atoms with E-state index in [1.54, 1.807) is 10.6 Å². The summed E-state index contributed by atoms with van der Waals surface area (Å²) >= 11 is 0. The fourth-order valence-corrected chi connectivity index (χ4v) is 4.22. The summed E-state index contributed by atoms with van der Waals surface area (Å²) in [5, 5.41) is 21.6. The third kappa shape index (κ3) is 3.25. The van der Waals surface area contributed by atoms with Gasteiger partial charge in [-0.3, -0.25) is 4.40 Å². The predicted octanol–water partition coefficient (Wildman–Crippen LogP) is 4.03. The van der Waals surface area contributed by atoms with Crippen molar-refractivity contribution in [3.63, 3.8) is 0 Å². The molecule has 0 unspecified atom stereocenters. The third-order valence-electron chi connectivity index (χ3n) is 5.90. The van der Waals surface area contributed by atoms with E-state index in [1.165, 1.54) is 10.7 Å². The fourth-order valence-electron chi connectivity index (χ4n) is 4.22. The van der Waals surface area contributed by atoms with E-state index in [0.717, 1.165) is 39.3 Å². The first kappa shape index (κ1) is 20.0. The van der Waals surface area contributed by atoms with Gasteiger partial charge in [0.2, 0.25) is 0 Å². The second-order valence-corrected chi connectivity index (χ2v) is 7.93. The zero-order valence-electron chi connectivity index (χ0n) is 18.2. The normalized spacial score (nSPS) is 12.7. The smallest absolute Gasteiger partial charge is 0.356 e. The number of nitrogens with zero attached hydrogens (tertiary/aromatic N) is 5. The minimum Gasteiger partial charge on any atom is -0.486 e. The Morgan fingerprint density at radius 1 is 0.912 bits per heavy atom. The van der Waals surface area contributed by atoms with Crippen LogP contribution >= 0.6 is 0 Å². The molecule has 5 aromatic rings. The van der Waals surface area contributed by atoms with Crippen molar-refractivity contribution in [2.45, 2.75) is 6.92 Å². The molecular weight excluding hydrogens is 434 g/mol. The van der Waals surface area contributed by atoms with Crippen LogP contribution in [-0.2, 0) is 0 Å². The number of hydrogen-bond donors (Lipinski definition) is 1. The van der Waals surface area contributed by atoms with Gasteiger partial charge < -0.3 is 14.6 Å². The molecule has 0 amide bonds. The first-order valence-corrected chi connectivity index (χ1v) is 10.7. The first-order chi connectivity index (χ1) is 16.6. The van der Waals surface area contributed by atoms with E-state index in [2.05, 4.69) is 34.4 Å². The van der Waals surface area contributed by atoms with Crippen LogP contribution in [0.5, 0.6) is 11.5 Å². The van der Waals surface area contributed by atoms with Crippen LogP contribution in [0.4, 0.5) is 0 Å². The van der Waals surface area contributed by atoms with Gasteiger partial charge in [-0.2, -0.15) is 5.10 Å². The van der Waals surface area contributed by atoms with Gasteiger partial charge in [-0.25, -0.2) is 9.48 Å². The predicted molar refractivity (Wildman–Crippen MR) is 124 cm³/mol. The first-order valence-electron chi connectivity index (χ1n) is 10.7. The number of hydrogen-bond acceptors (Lipinski definition) is 6. The molecule has 0 saturated heterocycles. The Morgan fingerprint density at radius 3 is 2.44 bits per heavy atom. The van der Waals surface area contributed by atoms with E-state index in [0.29, 0.717) is 24.8 Å². The lowest BCUT2D eigenvalue weighted by Crippen LogP contribution is -2.15. The molecule has 0 atom stereocenters. The Balaban J connectivity index is 1.39. The van der Waals surface area contributed by atoms with Crippen LogP contribution in [0.1, 0.15) is 16.1 Å². The lowest BCUT2D eigenvalue weighted by atomic mass is 9.93. The topological polar surface area (TPSA) is 104 Å². The summed E-state index contributed by atoms with van der Waals surface area (Å²) in [5.74, 6) is 0.846. The second kappa shape index (κ2) is 7.73. The second-order valence-electron chi connectivity index (χ2n) is 7.93. The van der Waals surface area contributed by atoms with Crippen molar-refractivity contribution in [2.75, 3.05) is 13.2 Å². The Hall–Kier alpha value is -4.66. The monoisotopic (exact) mass is 453 g/mol. The van der Waals surface area contributed by atoms with Gasteiger partial charge in [-0.05, 0) is 65.1 Å². The van der Waals surface area contributed by atoms with Crippen molar-refractivity contribution in [1.82, 2.24) is 24.4 Å². The van der Waals surface area contributed by atoms with Crippen LogP contribution in [0, 0.1) is 6.92 Å². The molecule has 3 aromatic heterocycles. The molecule has 0 aliphatic carbocycles. The van der Waals surface area contributed by atoms with Crippen molar-refractivity contribution in [1.29, 1.82) is 0 Å². The standard InChI is InChI=1S/C25H19N5O4/c1-15-18(16-5-6-21-22(13-16)34-12-11-33-21)3-2-4-19(15)17-7-9-29-23(14-17)26-27-25(29)30-10-8-20(28-30)24(31)32/h2-10,13-14H,11-12H2,1H3,(H,31,32). The number of aromatic carboxylic acids is 1. The van der Waals surface area contributed by atoms with Crippen molar-refractivity contribution in [2.24, 2.45) is 0 Å². The van der Waals surface area contributed by atoms with Gasteiger partial charge in [-0.15, -0.1) is 10.2 Å². The van der Waals surface area contributed by atoms with Gasteiger partial charge in [0.15, 0.2) is 22.8 Å². The highest BCUT2D eigenvalue weighted by atomic mass is 16.6. The molecule has 0 spiro atoms. The molecular formula is C25H19N5O4. The Labute approximate surface area is 193 Å². The minimum absolute atomic E-state index is 0.0556. The van der Waals surface area contributed by atoms with Crippen molar-refractivity contribution in [3.8, 4) is 39.7 Å². The minimum atomic E-state index is -1.09. The molecule has 0 saturated carbocycles. The van der Waals surface area contributed by atoms with E-state index in [-0.39, 0.29) is 5.69 Å². The van der Waals surface area contributed by atoms with Crippen molar-refractivity contribution < 1.29 is 19.4 Å². The molecule has 9 nitrogen and oxygen atoms in total.